The number of ether oxygens (including phenoxy) is 2. The smallest absolute Gasteiger partial charge is 0.315 e. The van der Waals surface area contributed by atoms with Crippen molar-refractivity contribution < 1.29 is 14.4 Å². The van der Waals surface area contributed by atoms with E-state index in [1.54, 1.807) is 6.07 Å². The highest BCUT2D eigenvalue weighted by molar-refractivity contribution is 8.00. The van der Waals surface area contributed by atoms with Gasteiger partial charge in [-0.05, 0) is 46.0 Å². The summed E-state index contributed by atoms with van der Waals surface area (Å²) in [4.78, 5) is 13.3. The van der Waals surface area contributed by atoms with Gasteiger partial charge in [-0.1, -0.05) is 0 Å². The molecule has 3 rings (SSSR count). The first-order valence-corrected chi connectivity index (χ1v) is 8.82. The molecule has 1 aromatic carbocycles. The number of hydrogen-bond acceptors (Lipinski definition) is 6. The second-order valence-corrected chi connectivity index (χ2v) is 8.38. The van der Waals surface area contributed by atoms with Crippen LogP contribution in [0.15, 0.2) is 18.2 Å². The van der Waals surface area contributed by atoms with Crippen LogP contribution in [0.5, 0.6) is 11.5 Å². The summed E-state index contributed by atoms with van der Waals surface area (Å²) >= 11 is 1.82. The van der Waals surface area contributed by atoms with Gasteiger partial charge < -0.3 is 9.47 Å². The van der Waals surface area contributed by atoms with Crippen molar-refractivity contribution in [3.63, 3.8) is 0 Å². The van der Waals surface area contributed by atoms with Gasteiger partial charge in [-0.15, -0.1) is 11.8 Å². The van der Waals surface area contributed by atoms with E-state index in [1.807, 2.05) is 31.0 Å². The first-order valence-electron chi connectivity index (χ1n) is 7.83. The Morgan fingerprint density at radius 1 is 1.46 bits per heavy atom. The lowest BCUT2D eigenvalue weighted by molar-refractivity contribution is -0.386. The first kappa shape index (κ1) is 17.1. The summed E-state index contributed by atoms with van der Waals surface area (Å²) in [5.74, 6) is 1.74. The summed E-state index contributed by atoms with van der Waals surface area (Å²) < 4.78 is 11.3. The van der Waals surface area contributed by atoms with Crippen LogP contribution in [0.4, 0.5) is 5.69 Å². The molecule has 0 aromatic heterocycles. The molecule has 0 aliphatic carbocycles. The second-order valence-electron chi connectivity index (χ2n) is 6.74. The predicted octanol–water partition coefficient (Wildman–Crippen LogP) is 3.55. The summed E-state index contributed by atoms with van der Waals surface area (Å²) in [5, 5.41) is 11.5. The zero-order valence-corrected chi connectivity index (χ0v) is 15.3. The van der Waals surface area contributed by atoms with E-state index >= 15 is 0 Å². The lowest BCUT2D eigenvalue weighted by Crippen LogP contribution is -2.68. The van der Waals surface area contributed by atoms with E-state index in [1.165, 1.54) is 13.2 Å². The summed E-state index contributed by atoms with van der Waals surface area (Å²) in [6.45, 7) is 6.37. The fourth-order valence-corrected chi connectivity index (χ4v) is 4.64. The summed E-state index contributed by atoms with van der Waals surface area (Å²) in [5.41, 5.74) is -0.138. The fraction of sp³-hybridized carbons (Fsp3) is 0.529. The van der Waals surface area contributed by atoms with Gasteiger partial charge >= 0.3 is 5.69 Å². The topological polar surface area (TPSA) is 64.8 Å². The lowest BCUT2D eigenvalue weighted by atomic mass is 9.91. The Bertz CT molecular complexity index is 719. The molecule has 1 unspecified atom stereocenters. The van der Waals surface area contributed by atoms with Crippen molar-refractivity contribution in [3.05, 3.63) is 33.9 Å². The molecule has 1 spiro atoms. The molecule has 0 bridgehead atoms. The number of benzene rings is 1. The van der Waals surface area contributed by atoms with E-state index < -0.39 is 10.6 Å². The molecule has 2 atom stereocenters. The molecule has 7 heteroatoms. The van der Waals surface area contributed by atoms with Crippen LogP contribution in [0.3, 0.4) is 0 Å². The Morgan fingerprint density at radius 3 is 2.79 bits per heavy atom. The molecule has 0 N–H and O–H groups in total. The third kappa shape index (κ3) is 2.38. The summed E-state index contributed by atoms with van der Waals surface area (Å²) in [6.07, 6.45) is 3.92. The summed E-state index contributed by atoms with van der Waals surface area (Å²) in [7, 11) is 3.51. The number of hydrogen-bond donors (Lipinski definition) is 0. The van der Waals surface area contributed by atoms with Crippen molar-refractivity contribution in [2.75, 3.05) is 19.9 Å². The fourth-order valence-electron chi connectivity index (χ4n) is 3.30. The highest BCUT2D eigenvalue weighted by Gasteiger charge is 2.55. The van der Waals surface area contributed by atoms with Crippen LogP contribution in [0, 0.1) is 10.1 Å². The van der Waals surface area contributed by atoms with Crippen LogP contribution < -0.4 is 9.47 Å². The molecular weight excluding hydrogens is 328 g/mol. The number of nitrogens with zero attached hydrogens (tertiary/aromatic N) is 2. The third-order valence-corrected chi connectivity index (χ3v) is 6.65. The Hall–Kier alpha value is -1.73. The number of thioether (sulfide) groups is 1. The van der Waals surface area contributed by atoms with Gasteiger partial charge in [0.1, 0.15) is 5.75 Å². The van der Waals surface area contributed by atoms with Crippen LogP contribution in [0.1, 0.15) is 26.3 Å². The molecule has 0 saturated carbocycles. The normalized spacial score (nSPS) is 28.3. The van der Waals surface area contributed by atoms with Crippen LogP contribution >= 0.6 is 11.8 Å². The maximum atomic E-state index is 11.5. The summed E-state index contributed by atoms with van der Waals surface area (Å²) in [6, 6.07) is 3.47. The minimum Gasteiger partial charge on any atom is -0.496 e. The van der Waals surface area contributed by atoms with Gasteiger partial charge in [0.25, 0.3) is 0 Å². The third-order valence-electron chi connectivity index (χ3n) is 4.98. The van der Waals surface area contributed by atoms with E-state index in [9.17, 15) is 10.1 Å². The zero-order valence-electron chi connectivity index (χ0n) is 14.5. The Kier molecular flexibility index (Phi) is 4.04. The molecule has 24 heavy (non-hydrogen) atoms. The van der Waals surface area contributed by atoms with Gasteiger partial charge in [0.05, 0.1) is 22.8 Å². The van der Waals surface area contributed by atoms with Gasteiger partial charge in [0, 0.05) is 17.4 Å². The molecule has 6 nitrogen and oxygen atoms in total. The number of nitro groups is 1. The number of rotatable bonds is 2. The predicted molar refractivity (Wildman–Crippen MR) is 95.8 cm³/mol. The quantitative estimate of drug-likeness (QED) is 0.600. The van der Waals surface area contributed by atoms with E-state index in [4.69, 9.17) is 9.47 Å². The molecule has 1 aromatic rings. The molecule has 0 amide bonds. The average molecular weight is 350 g/mol. The molecule has 0 radical (unpaired) electrons. The van der Waals surface area contributed by atoms with Crippen molar-refractivity contribution in [3.8, 4) is 11.5 Å². The first-order chi connectivity index (χ1) is 11.2. The number of methoxy groups -OCH3 is 1. The highest BCUT2D eigenvalue weighted by Crippen LogP contribution is 2.51. The molecule has 2 aliphatic rings. The van der Waals surface area contributed by atoms with Gasteiger partial charge in [-0.2, -0.15) is 0 Å². The number of fused-ring (bicyclic) bond motifs is 1. The van der Waals surface area contributed by atoms with Crippen molar-refractivity contribution in [2.45, 2.75) is 37.3 Å². The van der Waals surface area contributed by atoms with Crippen LogP contribution in [0.2, 0.25) is 0 Å². The molecular formula is C17H22N2O4S. The SMILES string of the molecule is COc1cc2c(c([N+](=O)[O-])c1)O[C@@]1(C=C2)N(C)C(C)CSC1(C)C. The van der Waals surface area contributed by atoms with Crippen molar-refractivity contribution >= 4 is 23.5 Å². The zero-order chi connectivity index (χ0) is 17.7. The van der Waals surface area contributed by atoms with Gasteiger partial charge in [0.15, 0.2) is 5.72 Å². The molecule has 130 valence electrons. The average Bonchev–Trinajstić information content (AvgIpc) is 2.55. The molecule has 2 heterocycles. The van der Waals surface area contributed by atoms with Gasteiger partial charge in [-0.3, -0.25) is 15.0 Å². The highest BCUT2D eigenvalue weighted by atomic mass is 32.2. The molecule has 1 fully saturated rings. The Balaban J connectivity index is 2.16. The van der Waals surface area contributed by atoms with Crippen LogP contribution in [-0.2, 0) is 0 Å². The maximum Gasteiger partial charge on any atom is 0.315 e. The van der Waals surface area contributed by atoms with Gasteiger partial charge in [0.2, 0.25) is 5.75 Å². The molecule has 2 aliphatic heterocycles. The maximum absolute atomic E-state index is 11.5. The lowest BCUT2D eigenvalue weighted by Gasteiger charge is -2.56. The minimum atomic E-state index is -0.734. The standard InChI is InChI=1S/C17H22N2O4S/c1-11-10-24-16(2,3)17(18(11)4)7-6-12-8-13(22-5)9-14(19(20)21)15(12)23-17/h6-9,11H,10H2,1-5H3/t11?,17-/m1/s1. The van der Waals surface area contributed by atoms with Crippen molar-refractivity contribution in [2.24, 2.45) is 0 Å². The van der Waals surface area contributed by atoms with Gasteiger partial charge in [-0.25, -0.2) is 0 Å². The van der Waals surface area contributed by atoms with E-state index in [-0.39, 0.29) is 10.4 Å². The number of likely N-dealkylation sites (N-methyl/N-ethyl adjacent to an activating group) is 1. The largest absolute Gasteiger partial charge is 0.496 e. The Labute approximate surface area is 146 Å². The van der Waals surface area contributed by atoms with Crippen LogP contribution in [0.25, 0.3) is 6.08 Å². The molecule has 1 saturated heterocycles. The van der Waals surface area contributed by atoms with E-state index in [0.29, 0.717) is 23.1 Å². The number of nitro benzene ring substituents is 1. The minimum absolute atomic E-state index is 0.0690. The second kappa shape index (κ2) is 5.67. The van der Waals surface area contributed by atoms with Crippen LogP contribution in [-0.4, -0.2) is 46.2 Å². The Morgan fingerprint density at radius 2 is 2.17 bits per heavy atom. The monoisotopic (exact) mass is 350 g/mol. The van der Waals surface area contributed by atoms with Crippen molar-refractivity contribution in [1.82, 2.24) is 4.90 Å². The van der Waals surface area contributed by atoms with E-state index in [2.05, 4.69) is 25.7 Å². The van der Waals surface area contributed by atoms with Crippen molar-refractivity contribution in [1.29, 1.82) is 0 Å². The van der Waals surface area contributed by atoms with E-state index in [0.717, 1.165) is 5.75 Å².